The fourth-order valence-electron chi connectivity index (χ4n) is 2.23. The zero-order valence-electron chi connectivity index (χ0n) is 10.1. The van der Waals surface area contributed by atoms with Crippen LogP contribution in [0.4, 0.5) is 0 Å². The topological polar surface area (TPSA) is 26.3 Å². The van der Waals surface area contributed by atoms with Crippen molar-refractivity contribution in [2.45, 2.75) is 40.0 Å². The van der Waals surface area contributed by atoms with Gasteiger partial charge >= 0.3 is 5.97 Å². The Morgan fingerprint density at radius 3 is 2.67 bits per heavy atom. The number of allylic oxidation sites excluding steroid dienone is 3. The van der Waals surface area contributed by atoms with Crippen LogP contribution >= 0.6 is 0 Å². The van der Waals surface area contributed by atoms with Crippen LogP contribution in [0.3, 0.4) is 0 Å². The van der Waals surface area contributed by atoms with Gasteiger partial charge in [0.2, 0.25) is 0 Å². The minimum absolute atomic E-state index is 0.187. The summed E-state index contributed by atoms with van der Waals surface area (Å²) in [5, 5.41) is 0. The SMILES string of the molecule is COC(=O)C=CC1=C(C)CCCC1(C)C. The minimum Gasteiger partial charge on any atom is -0.466 e. The highest BCUT2D eigenvalue weighted by Gasteiger charge is 2.26. The summed E-state index contributed by atoms with van der Waals surface area (Å²) in [6, 6.07) is 0. The molecule has 0 amide bonds. The molecule has 0 aromatic carbocycles. The molecule has 1 aliphatic rings. The highest BCUT2D eigenvalue weighted by atomic mass is 16.5. The zero-order valence-corrected chi connectivity index (χ0v) is 10.1. The van der Waals surface area contributed by atoms with E-state index < -0.39 is 0 Å². The first-order valence-corrected chi connectivity index (χ1v) is 5.43. The third kappa shape index (κ3) is 2.95. The third-order valence-corrected chi connectivity index (χ3v) is 3.13. The standard InChI is InChI=1S/C13H20O2/c1-10-6-5-9-13(2,3)11(10)7-8-12(14)15-4/h7-8H,5-6,9H2,1-4H3. The summed E-state index contributed by atoms with van der Waals surface area (Å²) in [6.07, 6.45) is 7.01. The van der Waals surface area contributed by atoms with Crippen LogP contribution in [-0.4, -0.2) is 13.1 Å². The molecule has 0 unspecified atom stereocenters. The Morgan fingerprint density at radius 1 is 1.47 bits per heavy atom. The molecule has 0 bridgehead atoms. The molecule has 2 nitrogen and oxygen atoms in total. The monoisotopic (exact) mass is 208 g/mol. The molecule has 0 fully saturated rings. The molecule has 0 N–H and O–H groups in total. The van der Waals surface area contributed by atoms with Gasteiger partial charge in [0.25, 0.3) is 0 Å². The maximum atomic E-state index is 11.0. The third-order valence-electron chi connectivity index (χ3n) is 3.13. The quantitative estimate of drug-likeness (QED) is 0.514. The molecule has 2 heteroatoms. The van der Waals surface area contributed by atoms with Gasteiger partial charge < -0.3 is 4.74 Å². The summed E-state index contributed by atoms with van der Waals surface area (Å²) in [7, 11) is 1.40. The number of esters is 1. The number of rotatable bonds is 2. The second-order valence-corrected chi connectivity index (χ2v) is 4.79. The summed E-state index contributed by atoms with van der Waals surface area (Å²) in [4.78, 5) is 11.0. The van der Waals surface area contributed by atoms with Crippen molar-refractivity contribution in [3.8, 4) is 0 Å². The van der Waals surface area contributed by atoms with E-state index in [9.17, 15) is 4.79 Å². The van der Waals surface area contributed by atoms with Crippen LogP contribution in [0.25, 0.3) is 0 Å². The van der Waals surface area contributed by atoms with Crippen LogP contribution in [0.1, 0.15) is 40.0 Å². The average Bonchev–Trinajstić information content (AvgIpc) is 2.15. The minimum atomic E-state index is -0.281. The lowest BCUT2D eigenvalue weighted by Crippen LogP contribution is -2.19. The second-order valence-electron chi connectivity index (χ2n) is 4.79. The molecule has 15 heavy (non-hydrogen) atoms. The van der Waals surface area contributed by atoms with Crippen LogP contribution in [-0.2, 0) is 9.53 Å². The Hall–Kier alpha value is -1.05. The van der Waals surface area contributed by atoms with Crippen molar-refractivity contribution < 1.29 is 9.53 Å². The molecule has 0 saturated carbocycles. The van der Waals surface area contributed by atoms with Gasteiger partial charge in [-0.3, -0.25) is 0 Å². The maximum absolute atomic E-state index is 11.0. The lowest BCUT2D eigenvalue weighted by Gasteiger charge is -2.32. The smallest absolute Gasteiger partial charge is 0.330 e. The van der Waals surface area contributed by atoms with E-state index in [4.69, 9.17) is 0 Å². The average molecular weight is 208 g/mol. The highest BCUT2D eigenvalue weighted by molar-refractivity contribution is 5.82. The van der Waals surface area contributed by atoms with E-state index in [1.54, 1.807) is 0 Å². The van der Waals surface area contributed by atoms with E-state index in [0.717, 1.165) is 6.42 Å². The summed E-state index contributed by atoms with van der Waals surface area (Å²) in [5.74, 6) is -0.281. The van der Waals surface area contributed by atoms with Gasteiger partial charge in [-0.25, -0.2) is 4.79 Å². The Labute approximate surface area is 92.0 Å². The van der Waals surface area contributed by atoms with E-state index in [1.807, 2.05) is 6.08 Å². The molecule has 0 aromatic heterocycles. The number of hydrogen-bond donors (Lipinski definition) is 0. The fourth-order valence-corrected chi connectivity index (χ4v) is 2.23. The van der Waals surface area contributed by atoms with E-state index in [1.165, 1.54) is 37.2 Å². The zero-order chi connectivity index (χ0) is 11.5. The van der Waals surface area contributed by atoms with Crippen molar-refractivity contribution in [2.24, 2.45) is 5.41 Å². The van der Waals surface area contributed by atoms with Crippen molar-refractivity contribution in [1.29, 1.82) is 0 Å². The molecule has 0 aliphatic heterocycles. The van der Waals surface area contributed by atoms with Gasteiger partial charge in [0.05, 0.1) is 7.11 Å². The van der Waals surface area contributed by atoms with Gasteiger partial charge in [0.15, 0.2) is 0 Å². The summed E-state index contributed by atoms with van der Waals surface area (Å²) < 4.78 is 4.60. The maximum Gasteiger partial charge on any atom is 0.330 e. The second kappa shape index (κ2) is 4.65. The van der Waals surface area contributed by atoms with Gasteiger partial charge in [0.1, 0.15) is 0 Å². The van der Waals surface area contributed by atoms with Gasteiger partial charge in [-0.2, -0.15) is 0 Å². The van der Waals surface area contributed by atoms with Crippen LogP contribution in [0.5, 0.6) is 0 Å². The van der Waals surface area contributed by atoms with Crippen LogP contribution in [0.15, 0.2) is 23.3 Å². The molecule has 1 rings (SSSR count). The van der Waals surface area contributed by atoms with Crippen LogP contribution < -0.4 is 0 Å². The van der Waals surface area contributed by atoms with Gasteiger partial charge in [-0.1, -0.05) is 25.5 Å². The number of carbonyl (C=O) groups is 1. The van der Waals surface area contributed by atoms with Crippen LogP contribution in [0, 0.1) is 5.41 Å². The summed E-state index contributed by atoms with van der Waals surface area (Å²) >= 11 is 0. The highest BCUT2D eigenvalue weighted by Crippen LogP contribution is 2.40. The number of methoxy groups -OCH3 is 1. The Kier molecular flexibility index (Phi) is 3.72. The van der Waals surface area contributed by atoms with Crippen molar-refractivity contribution in [3.63, 3.8) is 0 Å². The number of carbonyl (C=O) groups excluding carboxylic acids is 1. The molecule has 0 saturated heterocycles. The Bertz CT molecular complexity index is 308. The van der Waals surface area contributed by atoms with Gasteiger partial charge in [0, 0.05) is 6.08 Å². The summed E-state index contributed by atoms with van der Waals surface area (Å²) in [5.41, 5.74) is 2.87. The van der Waals surface area contributed by atoms with Gasteiger partial charge in [-0.15, -0.1) is 0 Å². The molecule has 0 heterocycles. The van der Waals surface area contributed by atoms with E-state index >= 15 is 0 Å². The molecule has 0 atom stereocenters. The molecule has 0 spiro atoms. The van der Waals surface area contributed by atoms with Crippen molar-refractivity contribution in [2.75, 3.05) is 7.11 Å². The summed E-state index contributed by atoms with van der Waals surface area (Å²) in [6.45, 7) is 6.61. The Morgan fingerprint density at radius 2 is 2.13 bits per heavy atom. The lowest BCUT2D eigenvalue weighted by atomic mass is 9.73. The normalized spacial score (nSPS) is 20.8. The molecular weight excluding hydrogens is 188 g/mol. The first-order valence-electron chi connectivity index (χ1n) is 5.43. The number of hydrogen-bond acceptors (Lipinski definition) is 2. The van der Waals surface area contributed by atoms with Crippen molar-refractivity contribution in [1.82, 2.24) is 0 Å². The lowest BCUT2D eigenvalue weighted by molar-refractivity contribution is -0.134. The molecular formula is C13H20O2. The van der Waals surface area contributed by atoms with Crippen LogP contribution in [0.2, 0.25) is 0 Å². The van der Waals surface area contributed by atoms with E-state index in [-0.39, 0.29) is 11.4 Å². The predicted octanol–water partition coefficient (Wildman–Crippen LogP) is 3.24. The molecule has 1 aliphatic carbocycles. The van der Waals surface area contributed by atoms with Gasteiger partial charge in [-0.05, 0) is 37.2 Å². The predicted molar refractivity (Wildman–Crippen MR) is 61.5 cm³/mol. The first-order chi connectivity index (χ1) is 6.97. The molecule has 84 valence electrons. The largest absolute Gasteiger partial charge is 0.466 e. The number of ether oxygens (including phenoxy) is 1. The van der Waals surface area contributed by atoms with E-state index in [0.29, 0.717) is 0 Å². The molecule has 0 radical (unpaired) electrons. The molecule has 0 aromatic rings. The Balaban J connectivity index is 2.90. The first kappa shape index (κ1) is 12.0. The van der Waals surface area contributed by atoms with E-state index in [2.05, 4.69) is 25.5 Å². The van der Waals surface area contributed by atoms with Crippen molar-refractivity contribution >= 4 is 5.97 Å². The fraction of sp³-hybridized carbons (Fsp3) is 0.615. The van der Waals surface area contributed by atoms with Crippen molar-refractivity contribution in [3.05, 3.63) is 23.3 Å².